The molecule has 1 aliphatic rings. The number of hydrogen-bond acceptors (Lipinski definition) is 4. The molecule has 6 heteroatoms. The highest BCUT2D eigenvalue weighted by Crippen LogP contribution is 2.20. The Balaban J connectivity index is 1.33. The molecule has 1 aliphatic carbocycles. The Morgan fingerprint density at radius 1 is 1.00 bits per heavy atom. The number of carbonyl (C=O) groups is 2. The first-order chi connectivity index (χ1) is 15.6. The van der Waals surface area contributed by atoms with Crippen molar-refractivity contribution in [2.75, 3.05) is 7.11 Å². The van der Waals surface area contributed by atoms with Crippen LogP contribution in [0.5, 0.6) is 5.75 Å². The Morgan fingerprint density at radius 2 is 1.72 bits per heavy atom. The van der Waals surface area contributed by atoms with Crippen molar-refractivity contribution in [2.24, 2.45) is 0 Å². The van der Waals surface area contributed by atoms with Crippen molar-refractivity contribution in [3.05, 3.63) is 58.9 Å². The number of pyridine rings is 1. The van der Waals surface area contributed by atoms with Gasteiger partial charge < -0.3 is 15.2 Å². The average Bonchev–Trinajstić information content (AvgIpc) is 2.82. The number of benzene rings is 1. The van der Waals surface area contributed by atoms with Crippen molar-refractivity contribution >= 4 is 11.9 Å². The number of aliphatic carboxylic acids is 1. The van der Waals surface area contributed by atoms with Gasteiger partial charge in [0.15, 0.2) is 0 Å². The van der Waals surface area contributed by atoms with Crippen LogP contribution in [0.15, 0.2) is 36.4 Å². The molecule has 0 saturated heterocycles. The van der Waals surface area contributed by atoms with E-state index in [9.17, 15) is 14.7 Å². The molecular formula is C26H34N2O4. The van der Waals surface area contributed by atoms with E-state index in [0.29, 0.717) is 17.7 Å². The first kappa shape index (κ1) is 23.8. The fourth-order valence-corrected chi connectivity index (χ4v) is 4.19. The second-order valence-corrected chi connectivity index (χ2v) is 8.51. The number of amides is 1. The first-order valence-electron chi connectivity index (χ1n) is 11.7. The number of aromatic nitrogens is 1. The number of nitrogens with one attached hydrogen (secondary N) is 1. The van der Waals surface area contributed by atoms with Gasteiger partial charge in [-0.3, -0.25) is 9.78 Å². The maximum atomic E-state index is 12.3. The minimum atomic E-state index is -0.995. The van der Waals surface area contributed by atoms with E-state index in [2.05, 4.69) is 17.4 Å². The summed E-state index contributed by atoms with van der Waals surface area (Å²) in [7, 11) is 1.56. The molecule has 172 valence electrons. The zero-order valence-corrected chi connectivity index (χ0v) is 18.9. The monoisotopic (exact) mass is 438 g/mol. The van der Waals surface area contributed by atoms with E-state index in [1.807, 2.05) is 0 Å². The van der Waals surface area contributed by atoms with Gasteiger partial charge in [-0.25, -0.2) is 4.79 Å². The molecule has 0 radical (unpaired) electrons. The topological polar surface area (TPSA) is 88.5 Å². The standard InChI is InChI=1S/C26H34N2O4/c1-32-22-17-14-20(15-18-22)25(29)28-24(26(30)31)12-6-4-2-3-5-10-21-16-13-19-9-7-8-11-23(19)27-21/h13-18,24H,2-12H2,1H3,(H,28,29)(H,30,31). The molecule has 2 N–H and O–H groups in total. The Hall–Kier alpha value is -2.89. The molecule has 32 heavy (non-hydrogen) atoms. The zero-order chi connectivity index (χ0) is 22.8. The largest absolute Gasteiger partial charge is 0.497 e. The fourth-order valence-electron chi connectivity index (χ4n) is 4.19. The zero-order valence-electron chi connectivity index (χ0n) is 18.9. The van der Waals surface area contributed by atoms with Crippen LogP contribution in [0.4, 0.5) is 0 Å². The number of unbranched alkanes of at least 4 members (excludes halogenated alkanes) is 4. The molecule has 1 amide bonds. The van der Waals surface area contributed by atoms with Gasteiger partial charge in [0.05, 0.1) is 7.11 Å². The van der Waals surface area contributed by atoms with Crippen LogP contribution in [0, 0.1) is 0 Å². The Bertz CT molecular complexity index is 895. The lowest BCUT2D eigenvalue weighted by Crippen LogP contribution is -2.40. The third-order valence-corrected chi connectivity index (χ3v) is 6.12. The number of rotatable bonds is 12. The average molecular weight is 439 g/mol. The van der Waals surface area contributed by atoms with Crippen LogP contribution in [0.3, 0.4) is 0 Å². The molecule has 0 spiro atoms. The van der Waals surface area contributed by atoms with Crippen LogP contribution in [0.2, 0.25) is 0 Å². The number of carbonyl (C=O) groups excluding carboxylic acids is 1. The van der Waals surface area contributed by atoms with Crippen LogP contribution in [0.25, 0.3) is 0 Å². The van der Waals surface area contributed by atoms with Gasteiger partial charge in [-0.2, -0.15) is 0 Å². The summed E-state index contributed by atoms with van der Waals surface area (Å²) in [4.78, 5) is 28.7. The molecule has 0 bridgehead atoms. The minimum Gasteiger partial charge on any atom is -0.497 e. The molecule has 3 rings (SSSR count). The van der Waals surface area contributed by atoms with E-state index < -0.39 is 12.0 Å². The summed E-state index contributed by atoms with van der Waals surface area (Å²) in [6, 6.07) is 10.2. The van der Waals surface area contributed by atoms with Gasteiger partial charge in [-0.05, 0) is 80.8 Å². The third kappa shape index (κ3) is 7.08. The number of ether oxygens (including phenoxy) is 1. The minimum absolute atomic E-state index is 0.377. The predicted molar refractivity (Wildman–Crippen MR) is 124 cm³/mol. The second kappa shape index (κ2) is 12.2. The number of hydrogen-bond donors (Lipinski definition) is 2. The van der Waals surface area contributed by atoms with Crippen molar-refractivity contribution in [3.63, 3.8) is 0 Å². The summed E-state index contributed by atoms with van der Waals surface area (Å²) in [5, 5.41) is 12.1. The van der Waals surface area contributed by atoms with Crippen molar-refractivity contribution in [2.45, 2.75) is 76.7 Å². The highest BCUT2D eigenvalue weighted by molar-refractivity contribution is 5.96. The number of carboxylic acid groups (broad SMARTS) is 1. The van der Waals surface area contributed by atoms with Crippen LogP contribution >= 0.6 is 0 Å². The van der Waals surface area contributed by atoms with Gasteiger partial charge in [-0.1, -0.05) is 31.7 Å². The number of nitrogens with zero attached hydrogens (tertiary/aromatic N) is 1. The smallest absolute Gasteiger partial charge is 0.326 e. The summed E-state index contributed by atoms with van der Waals surface area (Å²) in [6.45, 7) is 0. The number of carboxylic acids is 1. The molecule has 1 aromatic heterocycles. The van der Waals surface area contributed by atoms with Gasteiger partial charge in [-0.15, -0.1) is 0 Å². The van der Waals surface area contributed by atoms with Crippen LogP contribution in [-0.2, 0) is 24.1 Å². The summed E-state index contributed by atoms with van der Waals surface area (Å²) < 4.78 is 5.08. The lowest BCUT2D eigenvalue weighted by Gasteiger charge is -2.15. The van der Waals surface area contributed by atoms with Gasteiger partial charge in [0.2, 0.25) is 0 Å². The van der Waals surface area contributed by atoms with E-state index in [0.717, 1.165) is 44.9 Å². The van der Waals surface area contributed by atoms with Crippen molar-refractivity contribution in [3.8, 4) is 5.75 Å². The second-order valence-electron chi connectivity index (χ2n) is 8.51. The van der Waals surface area contributed by atoms with E-state index in [1.54, 1.807) is 31.4 Å². The quantitative estimate of drug-likeness (QED) is 0.468. The lowest BCUT2D eigenvalue weighted by atomic mass is 9.95. The van der Waals surface area contributed by atoms with Gasteiger partial charge >= 0.3 is 5.97 Å². The van der Waals surface area contributed by atoms with E-state index >= 15 is 0 Å². The Morgan fingerprint density at radius 3 is 2.47 bits per heavy atom. The van der Waals surface area contributed by atoms with Gasteiger partial charge in [0.25, 0.3) is 5.91 Å². The number of aryl methyl sites for hydroxylation is 3. The van der Waals surface area contributed by atoms with E-state index in [4.69, 9.17) is 9.72 Å². The van der Waals surface area contributed by atoms with Crippen LogP contribution in [-0.4, -0.2) is 35.1 Å². The SMILES string of the molecule is COc1ccc(C(=O)NC(CCCCCCCc2ccc3c(n2)CCCC3)C(=O)O)cc1. The summed E-state index contributed by atoms with van der Waals surface area (Å²) in [5.41, 5.74) is 4.34. The Kier molecular flexibility index (Phi) is 9.08. The van der Waals surface area contributed by atoms with Crippen LogP contribution in [0.1, 0.15) is 78.7 Å². The predicted octanol–water partition coefficient (Wildman–Crippen LogP) is 4.74. The number of methoxy groups -OCH3 is 1. The highest BCUT2D eigenvalue weighted by Gasteiger charge is 2.20. The molecular weight excluding hydrogens is 404 g/mol. The highest BCUT2D eigenvalue weighted by atomic mass is 16.5. The van der Waals surface area contributed by atoms with Crippen molar-refractivity contribution in [1.82, 2.24) is 10.3 Å². The molecule has 2 aromatic rings. The molecule has 0 fully saturated rings. The first-order valence-corrected chi connectivity index (χ1v) is 11.7. The third-order valence-electron chi connectivity index (χ3n) is 6.12. The molecule has 0 aliphatic heterocycles. The Labute approximate surface area is 190 Å². The molecule has 0 saturated carbocycles. The molecule has 1 atom stereocenters. The maximum Gasteiger partial charge on any atom is 0.326 e. The maximum absolute atomic E-state index is 12.3. The molecule has 1 heterocycles. The normalized spacial score (nSPS) is 13.8. The van der Waals surface area contributed by atoms with E-state index in [-0.39, 0.29) is 5.91 Å². The molecule has 6 nitrogen and oxygen atoms in total. The molecule has 1 unspecified atom stereocenters. The van der Waals surface area contributed by atoms with Gasteiger partial charge in [0.1, 0.15) is 11.8 Å². The lowest BCUT2D eigenvalue weighted by molar-refractivity contribution is -0.139. The number of fused-ring (bicyclic) bond motifs is 1. The molecule has 1 aromatic carbocycles. The van der Waals surface area contributed by atoms with E-state index in [1.165, 1.54) is 36.2 Å². The van der Waals surface area contributed by atoms with Crippen LogP contribution < -0.4 is 10.1 Å². The van der Waals surface area contributed by atoms with Gasteiger partial charge in [0, 0.05) is 17.0 Å². The van der Waals surface area contributed by atoms with Crippen molar-refractivity contribution in [1.29, 1.82) is 0 Å². The fraction of sp³-hybridized carbons (Fsp3) is 0.500. The summed E-state index contributed by atoms with van der Waals surface area (Å²) in [5.74, 6) is -0.721. The van der Waals surface area contributed by atoms with Crippen molar-refractivity contribution < 1.29 is 19.4 Å². The summed E-state index contributed by atoms with van der Waals surface area (Å²) >= 11 is 0. The summed E-state index contributed by atoms with van der Waals surface area (Å²) in [6.07, 6.45) is 11.2.